The van der Waals surface area contributed by atoms with Crippen LogP contribution in [0.4, 0.5) is 0 Å². The molecule has 5 heteroatoms. The first-order chi connectivity index (χ1) is 7.81. The summed E-state index contributed by atoms with van der Waals surface area (Å²) in [5.41, 5.74) is 0. The van der Waals surface area contributed by atoms with Crippen molar-refractivity contribution in [3.05, 3.63) is 18.2 Å². The van der Waals surface area contributed by atoms with Crippen LogP contribution in [0, 0.1) is 0 Å². The number of carbonyl (C=O) groups is 1. The Morgan fingerprint density at radius 2 is 2.62 bits per heavy atom. The van der Waals surface area contributed by atoms with Crippen LogP contribution < -0.4 is 0 Å². The maximum Gasteiger partial charge on any atom is 0.248 e. The number of hydrogen-bond acceptors (Lipinski definition) is 3. The molecule has 88 valence electrons. The lowest BCUT2D eigenvalue weighted by Gasteiger charge is -2.31. The van der Waals surface area contributed by atoms with Crippen LogP contribution in [0.15, 0.2) is 12.4 Å². The predicted octanol–water partition coefficient (Wildman–Crippen LogP) is 0.762. The molecule has 5 nitrogen and oxygen atoms in total. The SMILES string of the molecule is COCC(=O)N1CCCC(c2ncc[nH]2)C1. The quantitative estimate of drug-likeness (QED) is 0.823. The normalized spacial score (nSPS) is 21.1. The monoisotopic (exact) mass is 223 g/mol. The summed E-state index contributed by atoms with van der Waals surface area (Å²) in [5, 5.41) is 0. The van der Waals surface area contributed by atoms with Gasteiger partial charge in [0, 0.05) is 38.5 Å². The molecule has 1 N–H and O–H groups in total. The van der Waals surface area contributed by atoms with Crippen molar-refractivity contribution in [3.63, 3.8) is 0 Å². The summed E-state index contributed by atoms with van der Waals surface area (Å²) < 4.78 is 4.87. The van der Waals surface area contributed by atoms with Crippen LogP contribution in [0.1, 0.15) is 24.6 Å². The van der Waals surface area contributed by atoms with Crippen molar-refractivity contribution in [2.75, 3.05) is 26.8 Å². The molecule has 1 unspecified atom stereocenters. The predicted molar refractivity (Wildman–Crippen MR) is 59.0 cm³/mol. The molecule has 2 rings (SSSR count). The summed E-state index contributed by atoms with van der Waals surface area (Å²) in [6.45, 7) is 1.75. The number of likely N-dealkylation sites (tertiary alicyclic amines) is 1. The minimum atomic E-state index is 0.0683. The number of hydrogen-bond donors (Lipinski definition) is 1. The zero-order valence-electron chi connectivity index (χ0n) is 9.48. The van der Waals surface area contributed by atoms with Crippen molar-refractivity contribution in [2.45, 2.75) is 18.8 Å². The second kappa shape index (κ2) is 5.12. The van der Waals surface area contributed by atoms with Gasteiger partial charge in [-0.3, -0.25) is 4.79 Å². The average molecular weight is 223 g/mol. The van der Waals surface area contributed by atoms with Gasteiger partial charge in [0.15, 0.2) is 0 Å². The summed E-state index contributed by atoms with van der Waals surface area (Å²) in [7, 11) is 1.55. The number of rotatable bonds is 3. The first-order valence-electron chi connectivity index (χ1n) is 5.57. The first-order valence-corrected chi connectivity index (χ1v) is 5.57. The number of aromatic nitrogens is 2. The van der Waals surface area contributed by atoms with E-state index in [1.54, 1.807) is 13.3 Å². The van der Waals surface area contributed by atoms with Crippen LogP contribution in [-0.2, 0) is 9.53 Å². The van der Waals surface area contributed by atoms with Gasteiger partial charge in [0.05, 0.1) is 0 Å². The van der Waals surface area contributed by atoms with Crippen LogP contribution in [-0.4, -0.2) is 47.6 Å². The van der Waals surface area contributed by atoms with E-state index < -0.39 is 0 Å². The Kier molecular flexibility index (Phi) is 3.56. The van der Waals surface area contributed by atoms with Crippen molar-refractivity contribution >= 4 is 5.91 Å². The Hall–Kier alpha value is -1.36. The van der Waals surface area contributed by atoms with E-state index in [1.165, 1.54) is 0 Å². The summed E-state index contributed by atoms with van der Waals surface area (Å²) in [6, 6.07) is 0. The Morgan fingerprint density at radius 1 is 1.75 bits per heavy atom. The zero-order chi connectivity index (χ0) is 11.4. The van der Waals surface area contributed by atoms with Crippen molar-refractivity contribution in [3.8, 4) is 0 Å². The van der Waals surface area contributed by atoms with Crippen LogP contribution >= 0.6 is 0 Å². The molecular formula is C11H17N3O2. The molecule has 1 aromatic heterocycles. The van der Waals surface area contributed by atoms with Crippen molar-refractivity contribution in [2.24, 2.45) is 0 Å². The molecule has 1 aliphatic rings. The third-order valence-corrected chi connectivity index (χ3v) is 2.95. The standard InChI is InChI=1S/C11H17N3O2/c1-16-8-10(15)14-6-2-3-9(7-14)11-12-4-5-13-11/h4-5,9H,2-3,6-8H2,1H3,(H,12,13). The largest absolute Gasteiger partial charge is 0.375 e. The number of methoxy groups -OCH3 is 1. The number of nitrogens with one attached hydrogen (secondary N) is 1. The Labute approximate surface area is 94.8 Å². The van der Waals surface area contributed by atoms with Gasteiger partial charge in [-0.2, -0.15) is 0 Å². The van der Waals surface area contributed by atoms with E-state index >= 15 is 0 Å². The van der Waals surface area contributed by atoms with Crippen LogP contribution in [0.3, 0.4) is 0 Å². The van der Waals surface area contributed by atoms with Gasteiger partial charge in [0.1, 0.15) is 12.4 Å². The maximum absolute atomic E-state index is 11.7. The second-order valence-electron chi connectivity index (χ2n) is 4.09. The second-order valence-corrected chi connectivity index (χ2v) is 4.09. The number of carbonyl (C=O) groups excluding carboxylic acids is 1. The molecule has 1 atom stereocenters. The Morgan fingerprint density at radius 3 is 3.31 bits per heavy atom. The molecular weight excluding hydrogens is 206 g/mol. The number of amides is 1. The average Bonchev–Trinajstić information content (AvgIpc) is 2.83. The zero-order valence-corrected chi connectivity index (χ0v) is 9.48. The van der Waals surface area contributed by atoms with E-state index in [9.17, 15) is 4.79 Å². The minimum Gasteiger partial charge on any atom is -0.375 e. The molecule has 16 heavy (non-hydrogen) atoms. The summed E-state index contributed by atoms with van der Waals surface area (Å²) in [4.78, 5) is 20.9. The van der Waals surface area contributed by atoms with Crippen molar-refractivity contribution < 1.29 is 9.53 Å². The Bertz CT molecular complexity index is 337. The van der Waals surface area contributed by atoms with E-state index in [0.29, 0.717) is 5.92 Å². The molecule has 1 aromatic rings. The summed E-state index contributed by atoms with van der Waals surface area (Å²) in [5.74, 6) is 1.39. The number of imidazole rings is 1. The molecule has 0 aromatic carbocycles. The fraction of sp³-hybridized carbons (Fsp3) is 0.636. The molecule has 1 saturated heterocycles. The van der Waals surface area contributed by atoms with E-state index in [0.717, 1.165) is 31.8 Å². The van der Waals surface area contributed by atoms with E-state index in [2.05, 4.69) is 9.97 Å². The highest BCUT2D eigenvalue weighted by atomic mass is 16.5. The topological polar surface area (TPSA) is 58.2 Å². The number of ether oxygens (including phenoxy) is 1. The van der Waals surface area contributed by atoms with Gasteiger partial charge in [-0.15, -0.1) is 0 Å². The highest BCUT2D eigenvalue weighted by Crippen LogP contribution is 2.24. The molecule has 1 amide bonds. The van der Waals surface area contributed by atoms with Gasteiger partial charge in [-0.05, 0) is 12.8 Å². The third-order valence-electron chi connectivity index (χ3n) is 2.95. The lowest BCUT2D eigenvalue weighted by molar-refractivity contribution is -0.136. The van der Waals surface area contributed by atoms with E-state index in [4.69, 9.17) is 4.74 Å². The minimum absolute atomic E-state index is 0.0683. The lowest BCUT2D eigenvalue weighted by Crippen LogP contribution is -2.41. The number of aromatic amines is 1. The van der Waals surface area contributed by atoms with Gasteiger partial charge < -0.3 is 14.6 Å². The van der Waals surface area contributed by atoms with E-state index in [1.807, 2.05) is 11.1 Å². The highest BCUT2D eigenvalue weighted by Gasteiger charge is 2.25. The van der Waals surface area contributed by atoms with Crippen LogP contribution in [0.2, 0.25) is 0 Å². The van der Waals surface area contributed by atoms with Gasteiger partial charge in [0.25, 0.3) is 0 Å². The van der Waals surface area contributed by atoms with Crippen LogP contribution in [0.5, 0.6) is 0 Å². The summed E-state index contributed by atoms with van der Waals surface area (Å²) >= 11 is 0. The van der Waals surface area contributed by atoms with Gasteiger partial charge in [-0.1, -0.05) is 0 Å². The molecule has 0 bridgehead atoms. The number of H-pyrrole nitrogens is 1. The third kappa shape index (κ3) is 2.41. The molecule has 0 spiro atoms. The fourth-order valence-corrected chi connectivity index (χ4v) is 2.14. The molecule has 1 aliphatic heterocycles. The molecule has 0 saturated carbocycles. The number of nitrogens with zero attached hydrogens (tertiary/aromatic N) is 2. The molecule has 1 fully saturated rings. The molecule has 2 heterocycles. The van der Waals surface area contributed by atoms with E-state index in [-0.39, 0.29) is 12.5 Å². The summed E-state index contributed by atoms with van der Waals surface area (Å²) in [6.07, 6.45) is 5.70. The van der Waals surface area contributed by atoms with Gasteiger partial charge in [0.2, 0.25) is 5.91 Å². The first kappa shape index (κ1) is 11.1. The molecule has 0 radical (unpaired) electrons. The van der Waals surface area contributed by atoms with Crippen molar-refractivity contribution in [1.82, 2.24) is 14.9 Å². The highest BCUT2D eigenvalue weighted by molar-refractivity contribution is 5.77. The van der Waals surface area contributed by atoms with Crippen molar-refractivity contribution in [1.29, 1.82) is 0 Å². The lowest BCUT2D eigenvalue weighted by atomic mass is 9.97. The maximum atomic E-state index is 11.7. The number of piperidine rings is 1. The van der Waals surface area contributed by atoms with Crippen LogP contribution in [0.25, 0.3) is 0 Å². The molecule has 0 aliphatic carbocycles. The van der Waals surface area contributed by atoms with Gasteiger partial charge >= 0.3 is 0 Å². The smallest absolute Gasteiger partial charge is 0.248 e. The van der Waals surface area contributed by atoms with Gasteiger partial charge in [-0.25, -0.2) is 4.98 Å². The Balaban J connectivity index is 1.96. The fourth-order valence-electron chi connectivity index (χ4n) is 2.14.